The average molecular weight is 268 g/mol. The van der Waals surface area contributed by atoms with E-state index in [4.69, 9.17) is 0 Å². The molecule has 0 aromatic carbocycles. The summed E-state index contributed by atoms with van der Waals surface area (Å²) in [4.78, 5) is 4.65. The highest BCUT2D eigenvalue weighted by Gasteiger charge is 2.25. The van der Waals surface area contributed by atoms with Crippen molar-refractivity contribution < 1.29 is 0 Å². The molecule has 0 amide bonds. The predicted octanol–water partition coefficient (Wildman–Crippen LogP) is 4.06. The first kappa shape index (κ1) is 14.2. The van der Waals surface area contributed by atoms with Gasteiger partial charge in [0.15, 0.2) is 5.17 Å². The minimum atomic E-state index is 0.423. The Morgan fingerprint density at radius 1 is 1.22 bits per heavy atom. The Morgan fingerprint density at radius 3 is 2.61 bits per heavy atom. The van der Waals surface area contributed by atoms with Crippen molar-refractivity contribution in [3.8, 4) is 0 Å². The van der Waals surface area contributed by atoms with E-state index in [1.54, 1.807) is 0 Å². The molecule has 0 saturated heterocycles. The van der Waals surface area contributed by atoms with Crippen LogP contribution < -0.4 is 5.32 Å². The van der Waals surface area contributed by atoms with E-state index in [2.05, 4.69) is 31.1 Å². The van der Waals surface area contributed by atoms with Crippen molar-refractivity contribution in [2.24, 2.45) is 16.3 Å². The lowest BCUT2D eigenvalue weighted by atomic mass is 9.89. The van der Waals surface area contributed by atoms with E-state index in [0.717, 1.165) is 19.0 Å². The Bertz CT molecular complexity index is 287. The summed E-state index contributed by atoms with van der Waals surface area (Å²) in [6, 6.07) is 0. The van der Waals surface area contributed by atoms with Gasteiger partial charge >= 0.3 is 0 Å². The lowest BCUT2D eigenvalue weighted by Crippen LogP contribution is -2.28. The highest BCUT2D eigenvalue weighted by atomic mass is 32.2. The number of rotatable bonds is 3. The molecule has 2 nitrogen and oxygen atoms in total. The number of amidine groups is 1. The van der Waals surface area contributed by atoms with E-state index in [1.807, 2.05) is 11.8 Å². The number of hydrogen-bond acceptors (Lipinski definition) is 3. The fourth-order valence-electron chi connectivity index (χ4n) is 2.93. The quantitative estimate of drug-likeness (QED) is 0.834. The highest BCUT2D eigenvalue weighted by Crippen LogP contribution is 2.31. The van der Waals surface area contributed by atoms with Gasteiger partial charge < -0.3 is 5.32 Å². The fourth-order valence-corrected chi connectivity index (χ4v) is 4.29. The summed E-state index contributed by atoms with van der Waals surface area (Å²) in [5, 5.41) is 5.48. The van der Waals surface area contributed by atoms with Crippen molar-refractivity contribution in [3.05, 3.63) is 0 Å². The van der Waals surface area contributed by atoms with Crippen LogP contribution in [0.5, 0.6) is 0 Å². The largest absolute Gasteiger partial charge is 0.365 e. The first-order valence-electron chi connectivity index (χ1n) is 7.48. The predicted molar refractivity (Wildman–Crippen MR) is 82.3 cm³/mol. The van der Waals surface area contributed by atoms with Gasteiger partial charge in [-0.25, -0.2) is 0 Å². The zero-order valence-electron chi connectivity index (χ0n) is 12.2. The Labute approximate surface area is 116 Å². The molecule has 0 aromatic rings. The van der Waals surface area contributed by atoms with Gasteiger partial charge in [0.1, 0.15) is 0 Å². The molecule has 1 saturated carbocycles. The molecule has 1 aliphatic carbocycles. The van der Waals surface area contributed by atoms with Crippen LogP contribution in [0.3, 0.4) is 0 Å². The minimum absolute atomic E-state index is 0.423. The number of thioether (sulfide) groups is 1. The Hall–Kier alpha value is -0.180. The van der Waals surface area contributed by atoms with Crippen LogP contribution in [0.15, 0.2) is 4.99 Å². The SMILES string of the molecule is CC(C)(C)CC1CN=C(NCC2CCCCC2)S1. The Balaban J connectivity index is 1.66. The molecular weight excluding hydrogens is 240 g/mol. The Kier molecular flexibility index (Phi) is 4.99. The van der Waals surface area contributed by atoms with Crippen LogP contribution in [0.4, 0.5) is 0 Å². The van der Waals surface area contributed by atoms with Gasteiger partial charge in [0.25, 0.3) is 0 Å². The minimum Gasteiger partial charge on any atom is -0.365 e. The molecule has 1 aliphatic heterocycles. The van der Waals surface area contributed by atoms with Gasteiger partial charge in [0, 0.05) is 11.8 Å². The third-order valence-corrected chi connectivity index (χ3v) is 4.97. The third-order valence-electron chi connectivity index (χ3n) is 3.82. The summed E-state index contributed by atoms with van der Waals surface area (Å²) in [5.74, 6) is 0.892. The van der Waals surface area contributed by atoms with Gasteiger partial charge in [0.2, 0.25) is 0 Å². The summed E-state index contributed by atoms with van der Waals surface area (Å²) in [5.41, 5.74) is 0.423. The van der Waals surface area contributed by atoms with Crippen LogP contribution in [-0.4, -0.2) is 23.5 Å². The van der Waals surface area contributed by atoms with Crippen LogP contribution in [0, 0.1) is 11.3 Å². The zero-order chi connectivity index (χ0) is 13.0. The number of hydrogen-bond donors (Lipinski definition) is 1. The molecule has 0 bridgehead atoms. The van der Waals surface area contributed by atoms with Crippen molar-refractivity contribution in [3.63, 3.8) is 0 Å². The molecule has 1 heterocycles. The topological polar surface area (TPSA) is 24.4 Å². The Morgan fingerprint density at radius 2 is 1.94 bits per heavy atom. The van der Waals surface area contributed by atoms with Crippen LogP contribution in [0.25, 0.3) is 0 Å². The number of aliphatic imine (C=N–C) groups is 1. The molecule has 104 valence electrons. The van der Waals surface area contributed by atoms with Crippen molar-refractivity contribution in [1.82, 2.24) is 5.32 Å². The zero-order valence-corrected chi connectivity index (χ0v) is 13.0. The second kappa shape index (κ2) is 6.31. The van der Waals surface area contributed by atoms with Crippen LogP contribution in [0.1, 0.15) is 59.3 Å². The molecule has 2 aliphatic rings. The maximum Gasteiger partial charge on any atom is 0.156 e. The maximum atomic E-state index is 4.65. The highest BCUT2D eigenvalue weighted by molar-refractivity contribution is 8.14. The fraction of sp³-hybridized carbons (Fsp3) is 0.933. The van der Waals surface area contributed by atoms with Gasteiger partial charge in [-0.2, -0.15) is 0 Å². The lowest BCUT2D eigenvalue weighted by molar-refractivity contribution is 0.357. The van der Waals surface area contributed by atoms with Crippen LogP contribution in [-0.2, 0) is 0 Å². The van der Waals surface area contributed by atoms with E-state index in [-0.39, 0.29) is 0 Å². The summed E-state index contributed by atoms with van der Waals surface area (Å²) < 4.78 is 0. The maximum absolute atomic E-state index is 4.65. The van der Waals surface area contributed by atoms with E-state index in [9.17, 15) is 0 Å². The first-order chi connectivity index (χ1) is 8.53. The average Bonchev–Trinajstić information content (AvgIpc) is 2.73. The van der Waals surface area contributed by atoms with Crippen molar-refractivity contribution in [1.29, 1.82) is 0 Å². The van der Waals surface area contributed by atoms with E-state index >= 15 is 0 Å². The van der Waals surface area contributed by atoms with Gasteiger partial charge in [-0.15, -0.1) is 0 Å². The van der Waals surface area contributed by atoms with Crippen molar-refractivity contribution >= 4 is 16.9 Å². The summed E-state index contributed by atoms with van der Waals surface area (Å²) in [6.45, 7) is 9.12. The van der Waals surface area contributed by atoms with Gasteiger partial charge in [-0.3, -0.25) is 4.99 Å². The summed E-state index contributed by atoms with van der Waals surface area (Å²) in [6.07, 6.45) is 8.39. The molecule has 0 spiro atoms. The van der Waals surface area contributed by atoms with Crippen LogP contribution >= 0.6 is 11.8 Å². The molecule has 18 heavy (non-hydrogen) atoms. The summed E-state index contributed by atoms with van der Waals surface area (Å²) >= 11 is 1.96. The molecule has 0 radical (unpaired) electrons. The van der Waals surface area contributed by atoms with Crippen molar-refractivity contribution in [2.75, 3.05) is 13.1 Å². The molecule has 3 heteroatoms. The summed E-state index contributed by atoms with van der Waals surface area (Å²) in [7, 11) is 0. The van der Waals surface area contributed by atoms with Gasteiger partial charge in [0.05, 0.1) is 6.54 Å². The molecule has 1 unspecified atom stereocenters. The molecule has 1 fully saturated rings. The third kappa shape index (κ3) is 4.83. The molecule has 1 atom stereocenters. The molecular formula is C15H28N2S. The van der Waals surface area contributed by atoms with Crippen LogP contribution in [0.2, 0.25) is 0 Å². The lowest BCUT2D eigenvalue weighted by Gasteiger charge is -2.23. The number of nitrogens with one attached hydrogen (secondary N) is 1. The second-order valence-corrected chi connectivity index (χ2v) is 8.32. The van der Waals surface area contributed by atoms with E-state index in [0.29, 0.717) is 10.7 Å². The first-order valence-corrected chi connectivity index (χ1v) is 8.36. The van der Waals surface area contributed by atoms with E-state index in [1.165, 1.54) is 43.7 Å². The standard InChI is InChI=1S/C15H28N2S/c1-15(2,3)9-13-11-17-14(18-13)16-10-12-7-5-4-6-8-12/h12-13H,4-11H2,1-3H3,(H,16,17). The smallest absolute Gasteiger partial charge is 0.156 e. The van der Waals surface area contributed by atoms with Crippen molar-refractivity contribution in [2.45, 2.75) is 64.5 Å². The van der Waals surface area contributed by atoms with Gasteiger partial charge in [-0.1, -0.05) is 51.8 Å². The molecule has 1 N–H and O–H groups in total. The normalized spacial score (nSPS) is 26.2. The molecule has 2 rings (SSSR count). The monoisotopic (exact) mass is 268 g/mol. The van der Waals surface area contributed by atoms with Gasteiger partial charge in [-0.05, 0) is 30.6 Å². The molecule has 0 aromatic heterocycles. The second-order valence-electron chi connectivity index (χ2n) is 7.04. The number of nitrogens with zero attached hydrogens (tertiary/aromatic N) is 1. The van der Waals surface area contributed by atoms with E-state index < -0.39 is 0 Å².